The van der Waals surface area contributed by atoms with Gasteiger partial charge < -0.3 is 10.2 Å². The number of benzene rings is 1. The molecule has 1 aromatic heterocycles. The monoisotopic (exact) mass is 386 g/mol. The highest BCUT2D eigenvalue weighted by Gasteiger charge is 2.34. The average molecular weight is 387 g/mol. The van der Waals surface area contributed by atoms with Gasteiger partial charge in [-0.05, 0) is 42.5 Å². The predicted molar refractivity (Wildman–Crippen MR) is 108 cm³/mol. The van der Waals surface area contributed by atoms with Crippen LogP contribution in [0.5, 0.6) is 0 Å². The molecule has 2 amide bonds. The van der Waals surface area contributed by atoms with E-state index in [1.54, 1.807) is 0 Å². The number of nitrogens with zero attached hydrogens (tertiary/aromatic N) is 3. The number of carbonyl (C=O) groups excluding carboxylic acids is 2. The summed E-state index contributed by atoms with van der Waals surface area (Å²) < 4.78 is 0. The Hall–Kier alpha value is -2.28. The van der Waals surface area contributed by atoms with E-state index in [2.05, 4.69) is 22.4 Å². The number of anilines is 2. The molecule has 0 spiro atoms. The molecule has 1 saturated heterocycles. The van der Waals surface area contributed by atoms with Crippen molar-refractivity contribution in [1.82, 2.24) is 10.2 Å². The van der Waals surface area contributed by atoms with Crippen LogP contribution in [0.1, 0.15) is 55.7 Å². The maximum Gasteiger partial charge on any atom is 0.227 e. The number of rotatable bonds is 4. The van der Waals surface area contributed by atoms with Crippen molar-refractivity contribution in [2.24, 2.45) is 5.41 Å². The molecule has 1 aromatic carbocycles. The Labute approximate surface area is 164 Å². The molecule has 144 valence electrons. The largest absolute Gasteiger partial charge is 0.312 e. The number of nitrogens with one attached hydrogen (secondary N) is 1. The van der Waals surface area contributed by atoms with Crippen molar-refractivity contribution in [3.05, 3.63) is 34.3 Å². The van der Waals surface area contributed by atoms with Crippen molar-refractivity contribution in [2.75, 3.05) is 16.8 Å². The Bertz CT molecular complexity index is 869. The summed E-state index contributed by atoms with van der Waals surface area (Å²) in [7, 11) is 0. The van der Waals surface area contributed by atoms with Crippen LogP contribution in [-0.2, 0) is 9.59 Å². The second-order valence-corrected chi connectivity index (χ2v) is 9.41. The van der Waals surface area contributed by atoms with Crippen LogP contribution in [-0.4, -0.2) is 28.6 Å². The summed E-state index contributed by atoms with van der Waals surface area (Å²) in [6.07, 6.45) is 0.835. The highest BCUT2D eigenvalue weighted by Crippen LogP contribution is 2.35. The first-order chi connectivity index (χ1) is 12.6. The zero-order chi connectivity index (χ0) is 19.8. The average Bonchev–Trinajstić information content (AvgIpc) is 3.15. The smallest absolute Gasteiger partial charge is 0.227 e. The minimum Gasteiger partial charge on any atom is -0.312 e. The Morgan fingerprint density at radius 2 is 2.00 bits per heavy atom. The standard InChI is InChI=1S/C20H26N4O2S/c1-12-6-7-15(8-13(12)2)24-11-14(9-17(24)26)18-22-23-19(27-18)21-16(25)10-20(3,4)5/h6-8,14H,9-11H2,1-5H3,(H,21,23,25)/t14-/m1/s1. The van der Waals surface area contributed by atoms with Crippen LogP contribution in [0.2, 0.25) is 0 Å². The molecule has 0 radical (unpaired) electrons. The fourth-order valence-corrected chi connectivity index (χ4v) is 3.96. The van der Waals surface area contributed by atoms with E-state index < -0.39 is 0 Å². The maximum atomic E-state index is 12.5. The van der Waals surface area contributed by atoms with Gasteiger partial charge in [-0.15, -0.1) is 10.2 Å². The molecular weight excluding hydrogens is 360 g/mol. The second-order valence-electron chi connectivity index (χ2n) is 8.41. The topological polar surface area (TPSA) is 75.2 Å². The van der Waals surface area contributed by atoms with E-state index in [0.717, 1.165) is 10.7 Å². The third-order valence-electron chi connectivity index (χ3n) is 4.65. The molecule has 1 atom stereocenters. The Balaban J connectivity index is 1.68. The lowest BCUT2D eigenvalue weighted by Crippen LogP contribution is -2.24. The van der Waals surface area contributed by atoms with Gasteiger partial charge in [-0.1, -0.05) is 38.2 Å². The van der Waals surface area contributed by atoms with E-state index in [0.29, 0.717) is 24.5 Å². The minimum absolute atomic E-state index is 0.00452. The highest BCUT2D eigenvalue weighted by molar-refractivity contribution is 7.15. The fourth-order valence-electron chi connectivity index (χ4n) is 3.11. The molecule has 1 aliphatic heterocycles. The third-order valence-corrected chi connectivity index (χ3v) is 5.66. The Morgan fingerprint density at radius 3 is 2.67 bits per heavy atom. The van der Waals surface area contributed by atoms with E-state index >= 15 is 0 Å². The summed E-state index contributed by atoms with van der Waals surface area (Å²) in [5.41, 5.74) is 3.22. The third kappa shape index (κ3) is 4.71. The SMILES string of the molecule is Cc1ccc(N2C[C@H](c3nnc(NC(=O)CC(C)(C)C)s3)CC2=O)cc1C. The lowest BCUT2D eigenvalue weighted by Gasteiger charge is -2.17. The predicted octanol–water partition coefficient (Wildman–Crippen LogP) is 4.05. The van der Waals surface area contributed by atoms with Gasteiger partial charge in [0.1, 0.15) is 5.01 Å². The molecule has 7 heteroatoms. The van der Waals surface area contributed by atoms with Gasteiger partial charge in [0.05, 0.1) is 0 Å². The van der Waals surface area contributed by atoms with E-state index in [1.165, 1.54) is 22.5 Å². The Morgan fingerprint density at radius 1 is 1.26 bits per heavy atom. The molecule has 0 bridgehead atoms. The number of carbonyl (C=O) groups is 2. The lowest BCUT2D eigenvalue weighted by atomic mass is 9.92. The molecule has 1 N–H and O–H groups in total. The van der Waals surface area contributed by atoms with Crippen LogP contribution in [0.4, 0.5) is 10.8 Å². The number of hydrogen-bond donors (Lipinski definition) is 1. The molecule has 2 heterocycles. The van der Waals surface area contributed by atoms with E-state index in [9.17, 15) is 9.59 Å². The molecule has 2 aromatic rings. The lowest BCUT2D eigenvalue weighted by molar-refractivity contribution is -0.118. The van der Waals surface area contributed by atoms with Gasteiger partial charge in [-0.2, -0.15) is 0 Å². The highest BCUT2D eigenvalue weighted by atomic mass is 32.1. The zero-order valence-corrected chi connectivity index (χ0v) is 17.3. The summed E-state index contributed by atoms with van der Waals surface area (Å²) in [6.45, 7) is 10.8. The van der Waals surface area contributed by atoms with E-state index in [1.807, 2.05) is 50.8 Å². The van der Waals surface area contributed by atoms with E-state index in [4.69, 9.17) is 0 Å². The van der Waals surface area contributed by atoms with Crippen LogP contribution < -0.4 is 10.2 Å². The van der Waals surface area contributed by atoms with Crippen LogP contribution in [0, 0.1) is 19.3 Å². The normalized spacial score (nSPS) is 17.4. The molecular formula is C20H26N4O2S. The van der Waals surface area contributed by atoms with Crippen molar-refractivity contribution >= 4 is 34.0 Å². The van der Waals surface area contributed by atoms with Gasteiger partial charge >= 0.3 is 0 Å². The number of hydrogen-bond acceptors (Lipinski definition) is 5. The number of amides is 2. The molecule has 6 nitrogen and oxygen atoms in total. The van der Waals surface area contributed by atoms with Crippen molar-refractivity contribution < 1.29 is 9.59 Å². The van der Waals surface area contributed by atoms with Crippen molar-refractivity contribution in [3.8, 4) is 0 Å². The molecule has 27 heavy (non-hydrogen) atoms. The van der Waals surface area contributed by atoms with Crippen LogP contribution >= 0.6 is 11.3 Å². The van der Waals surface area contributed by atoms with Crippen LogP contribution in [0.25, 0.3) is 0 Å². The van der Waals surface area contributed by atoms with Gasteiger partial charge in [0.15, 0.2) is 0 Å². The van der Waals surface area contributed by atoms with Gasteiger partial charge in [0, 0.05) is 31.0 Å². The summed E-state index contributed by atoms with van der Waals surface area (Å²) in [6, 6.07) is 6.08. The van der Waals surface area contributed by atoms with E-state index in [-0.39, 0.29) is 23.1 Å². The molecule has 1 fully saturated rings. The first-order valence-corrected chi connectivity index (χ1v) is 9.95. The van der Waals surface area contributed by atoms with Crippen LogP contribution in [0.15, 0.2) is 18.2 Å². The summed E-state index contributed by atoms with van der Waals surface area (Å²) in [4.78, 5) is 26.4. The molecule has 0 aliphatic carbocycles. The molecule has 0 saturated carbocycles. The number of aryl methyl sites for hydroxylation is 2. The van der Waals surface area contributed by atoms with Gasteiger partial charge in [-0.3, -0.25) is 9.59 Å². The fraction of sp³-hybridized carbons (Fsp3) is 0.500. The molecule has 3 rings (SSSR count). The first-order valence-electron chi connectivity index (χ1n) is 9.13. The quantitative estimate of drug-likeness (QED) is 0.860. The van der Waals surface area contributed by atoms with Gasteiger partial charge in [0.25, 0.3) is 0 Å². The van der Waals surface area contributed by atoms with Crippen molar-refractivity contribution in [3.63, 3.8) is 0 Å². The minimum atomic E-state index is -0.0812. The second kappa shape index (κ2) is 7.38. The molecule has 0 unspecified atom stereocenters. The Kier molecular flexibility index (Phi) is 5.33. The van der Waals surface area contributed by atoms with Crippen molar-refractivity contribution in [2.45, 2.75) is 53.4 Å². The van der Waals surface area contributed by atoms with Gasteiger partial charge in [0.2, 0.25) is 16.9 Å². The maximum absolute atomic E-state index is 12.5. The van der Waals surface area contributed by atoms with Crippen LogP contribution in [0.3, 0.4) is 0 Å². The summed E-state index contributed by atoms with van der Waals surface area (Å²) in [5.74, 6) is 0.0334. The molecule has 1 aliphatic rings. The number of aromatic nitrogens is 2. The zero-order valence-electron chi connectivity index (χ0n) is 16.5. The van der Waals surface area contributed by atoms with Crippen molar-refractivity contribution in [1.29, 1.82) is 0 Å². The first kappa shape index (κ1) is 19.5. The summed E-state index contributed by atoms with van der Waals surface area (Å²) in [5, 5.41) is 12.4. The summed E-state index contributed by atoms with van der Waals surface area (Å²) >= 11 is 1.36. The van der Waals surface area contributed by atoms with Gasteiger partial charge in [-0.25, -0.2) is 0 Å².